The number of hydrogen-bond donors (Lipinski definition) is 2. The molecule has 1 aliphatic carbocycles. The number of nitrogens with two attached hydrogens (primary N) is 1. The molecule has 1 aromatic rings. The number of rotatable bonds is 4. The quantitative estimate of drug-likeness (QED) is 0.883. The first-order valence-electron chi connectivity index (χ1n) is 8.10. The van der Waals surface area contributed by atoms with E-state index in [9.17, 15) is 4.79 Å². The minimum Gasteiger partial charge on any atom is -0.490 e. The van der Waals surface area contributed by atoms with Crippen LogP contribution in [0.1, 0.15) is 38.5 Å². The maximum atomic E-state index is 12.4. The van der Waals surface area contributed by atoms with Gasteiger partial charge in [0, 0.05) is 25.0 Å². The van der Waals surface area contributed by atoms with E-state index in [0.717, 1.165) is 24.3 Å². The molecule has 0 aromatic heterocycles. The van der Waals surface area contributed by atoms with E-state index in [4.69, 9.17) is 15.2 Å². The molecule has 0 unspecified atom stereocenters. The maximum absolute atomic E-state index is 12.4. The number of anilines is 1. The van der Waals surface area contributed by atoms with Gasteiger partial charge in [-0.05, 0) is 50.7 Å². The number of nitrogens with one attached hydrogen (secondary N) is 1. The van der Waals surface area contributed by atoms with Crippen LogP contribution in [-0.4, -0.2) is 30.8 Å². The number of benzene rings is 1. The predicted octanol–water partition coefficient (Wildman–Crippen LogP) is 2.88. The average Bonchev–Trinajstić information content (AvgIpc) is 3.01. The van der Waals surface area contributed by atoms with Crippen LogP contribution in [0.5, 0.6) is 5.75 Å². The third kappa shape index (κ3) is 4.59. The van der Waals surface area contributed by atoms with Crippen molar-refractivity contribution in [2.24, 2.45) is 5.73 Å². The van der Waals surface area contributed by atoms with Gasteiger partial charge in [-0.1, -0.05) is 6.07 Å². The highest BCUT2D eigenvalue weighted by Crippen LogP contribution is 2.26. The molecule has 6 heteroatoms. The molecule has 1 aromatic carbocycles. The summed E-state index contributed by atoms with van der Waals surface area (Å²) < 4.78 is 11.2. The second kappa shape index (κ2) is 7.99. The molecule has 1 saturated carbocycles. The second-order valence-corrected chi connectivity index (χ2v) is 6.27. The molecule has 0 radical (unpaired) electrons. The summed E-state index contributed by atoms with van der Waals surface area (Å²) in [5.41, 5.74) is 6.10. The van der Waals surface area contributed by atoms with Crippen molar-refractivity contribution in [1.82, 2.24) is 0 Å². The third-order valence-electron chi connectivity index (χ3n) is 4.53. The van der Waals surface area contributed by atoms with Crippen molar-refractivity contribution in [2.75, 3.05) is 18.5 Å². The van der Waals surface area contributed by atoms with Gasteiger partial charge < -0.3 is 20.5 Å². The first kappa shape index (κ1) is 18.0. The summed E-state index contributed by atoms with van der Waals surface area (Å²) in [6.45, 7) is 1.07. The molecule has 3 N–H and O–H groups in total. The van der Waals surface area contributed by atoms with E-state index in [1.807, 2.05) is 24.3 Å². The maximum Gasteiger partial charge on any atom is 0.244 e. The van der Waals surface area contributed by atoms with Crippen LogP contribution in [0.3, 0.4) is 0 Å². The summed E-state index contributed by atoms with van der Waals surface area (Å²) in [4.78, 5) is 12.4. The van der Waals surface area contributed by atoms with Crippen LogP contribution in [-0.2, 0) is 9.53 Å². The van der Waals surface area contributed by atoms with Crippen LogP contribution < -0.4 is 15.8 Å². The van der Waals surface area contributed by atoms with Crippen LogP contribution in [0.4, 0.5) is 5.69 Å². The fourth-order valence-corrected chi connectivity index (χ4v) is 3.06. The smallest absolute Gasteiger partial charge is 0.244 e. The predicted molar refractivity (Wildman–Crippen MR) is 92.2 cm³/mol. The van der Waals surface area contributed by atoms with E-state index in [2.05, 4.69) is 5.32 Å². The Kier molecular flexibility index (Phi) is 6.27. The summed E-state index contributed by atoms with van der Waals surface area (Å²) in [7, 11) is 0. The normalized spacial score (nSPS) is 20.6. The lowest BCUT2D eigenvalue weighted by molar-refractivity contribution is -0.124. The number of amides is 1. The van der Waals surface area contributed by atoms with Crippen molar-refractivity contribution in [3.8, 4) is 5.75 Å². The largest absolute Gasteiger partial charge is 0.490 e. The zero-order valence-electron chi connectivity index (χ0n) is 13.3. The average molecular weight is 341 g/mol. The fourth-order valence-electron chi connectivity index (χ4n) is 3.06. The molecule has 128 valence electrons. The molecule has 0 spiro atoms. The summed E-state index contributed by atoms with van der Waals surface area (Å²) in [5.74, 6) is 0.663. The van der Waals surface area contributed by atoms with Gasteiger partial charge in [0.05, 0.1) is 6.10 Å². The Bertz CT molecular complexity index is 526. The molecule has 1 saturated heterocycles. The molecule has 1 amide bonds. The topological polar surface area (TPSA) is 73.6 Å². The zero-order valence-corrected chi connectivity index (χ0v) is 14.1. The van der Waals surface area contributed by atoms with Crippen molar-refractivity contribution >= 4 is 24.0 Å². The lowest BCUT2D eigenvalue weighted by Gasteiger charge is -2.31. The molecule has 2 aliphatic rings. The van der Waals surface area contributed by atoms with Crippen LogP contribution in [0.2, 0.25) is 0 Å². The van der Waals surface area contributed by atoms with Crippen molar-refractivity contribution < 1.29 is 14.3 Å². The van der Waals surface area contributed by atoms with Gasteiger partial charge in [-0.2, -0.15) is 0 Å². The number of halogens is 1. The van der Waals surface area contributed by atoms with Gasteiger partial charge in [0.1, 0.15) is 11.3 Å². The van der Waals surface area contributed by atoms with Crippen LogP contribution in [0.25, 0.3) is 0 Å². The van der Waals surface area contributed by atoms with E-state index in [-0.39, 0.29) is 18.3 Å². The minimum atomic E-state index is -0.833. The summed E-state index contributed by atoms with van der Waals surface area (Å²) in [6, 6.07) is 7.56. The van der Waals surface area contributed by atoms with Gasteiger partial charge in [-0.25, -0.2) is 0 Å². The number of carbonyl (C=O) groups excluding carboxylic acids is 1. The Labute approximate surface area is 143 Å². The van der Waals surface area contributed by atoms with Crippen molar-refractivity contribution in [2.45, 2.75) is 50.2 Å². The van der Waals surface area contributed by atoms with Gasteiger partial charge in [-0.15, -0.1) is 12.4 Å². The molecule has 0 atom stereocenters. The van der Waals surface area contributed by atoms with Gasteiger partial charge in [0.2, 0.25) is 5.91 Å². The molecular weight excluding hydrogens is 316 g/mol. The van der Waals surface area contributed by atoms with Crippen LogP contribution in [0.15, 0.2) is 24.3 Å². The van der Waals surface area contributed by atoms with E-state index in [0.29, 0.717) is 32.2 Å². The van der Waals surface area contributed by atoms with Gasteiger partial charge in [0.15, 0.2) is 0 Å². The Hall–Kier alpha value is -1.30. The van der Waals surface area contributed by atoms with Crippen LogP contribution >= 0.6 is 12.4 Å². The standard InChI is InChI=1S/C17H24N2O3.ClH/c18-17(8-10-21-11-9-17)16(20)19-13-4-3-7-15(12-13)22-14-5-1-2-6-14;/h3-4,7,12,14H,1-2,5-6,8-11,18H2,(H,19,20);1H. The molecular formula is C17H25ClN2O3. The van der Waals surface area contributed by atoms with Gasteiger partial charge in [0.25, 0.3) is 0 Å². The van der Waals surface area contributed by atoms with Crippen molar-refractivity contribution in [1.29, 1.82) is 0 Å². The third-order valence-corrected chi connectivity index (χ3v) is 4.53. The first-order valence-corrected chi connectivity index (χ1v) is 8.10. The van der Waals surface area contributed by atoms with Crippen molar-refractivity contribution in [3.05, 3.63) is 24.3 Å². The van der Waals surface area contributed by atoms with E-state index in [1.54, 1.807) is 0 Å². The lowest BCUT2D eigenvalue weighted by atomic mass is 9.90. The molecule has 1 heterocycles. The molecule has 0 bridgehead atoms. The number of hydrogen-bond acceptors (Lipinski definition) is 4. The zero-order chi connectivity index (χ0) is 15.4. The Morgan fingerprint density at radius 3 is 2.65 bits per heavy atom. The first-order chi connectivity index (χ1) is 10.7. The van der Waals surface area contributed by atoms with E-state index in [1.165, 1.54) is 12.8 Å². The SMILES string of the molecule is Cl.NC1(C(=O)Nc2cccc(OC3CCCC3)c2)CCOCC1. The summed E-state index contributed by atoms with van der Waals surface area (Å²) >= 11 is 0. The Morgan fingerprint density at radius 1 is 1.26 bits per heavy atom. The molecule has 5 nitrogen and oxygen atoms in total. The Morgan fingerprint density at radius 2 is 1.96 bits per heavy atom. The highest BCUT2D eigenvalue weighted by molar-refractivity contribution is 5.98. The Balaban J connectivity index is 0.00000192. The number of carbonyl (C=O) groups is 1. The van der Waals surface area contributed by atoms with Gasteiger partial charge in [-0.3, -0.25) is 4.79 Å². The van der Waals surface area contributed by atoms with Crippen LogP contribution in [0, 0.1) is 0 Å². The molecule has 3 rings (SSSR count). The van der Waals surface area contributed by atoms with E-state index < -0.39 is 5.54 Å². The fraction of sp³-hybridized carbons (Fsp3) is 0.588. The second-order valence-electron chi connectivity index (χ2n) is 6.27. The number of ether oxygens (including phenoxy) is 2. The van der Waals surface area contributed by atoms with Crippen molar-refractivity contribution in [3.63, 3.8) is 0 Å². The summed E-state index contributed by atoms with van der Waals surface area (Å²) in [6.07, 6.45) is 6.11. The highest BCUT2D eigenvalue weighted by atomic mass is 35.5. The molecule has 1 aliphatic heterocycles. The minimum absolute atomic E-state index is 0. The van der Waals surface area contributed by atoms with Gasteiger partial charge >= 0.3 is 0 Å². The summed E-state index contributed by atoms with van der Waals surface area (Å²) in [5, 5.41) is 2.92. The highest BCUT2D eigenvalue weighted by Gasteiger charge is 2.35. The monoisotopic (exact) mass is 340 g/mol. The van der Waals surface area contributed by atoms with E-state index >= 15 is 0 Å². The molecule has 2 fully saturated rings. The molecule has 23 heavy (non-hydrogen) atoms. The lowest BCUT2D eigenvalue weighted by Crippen LogP contribution is -2.54.